The maximum atomic E-state index is 12.9. The summed E-state index contributed by atoms with van der Waals surface area (Å²) in [6.07, 6.45) is 3.80. The zero-order valence-electron chi connectivity index (χ0n) is 16.9. The van der Waals surface area contributed by atoms with E-state index >= 15 is 0 Å². The van der Waals surface area contributed by atoms with Gasteiger partial charge in [-0.05, 0) is 36.6 Å². The fourth-order valence-corrected chi connectivity index (χ4v) is 5.50. The van der Waals surface area contributed by atoms with Crippen molar-refractivity contribution in [3.63, 3.8) is 0 Å². The Hall–Kier alpha value is -1.99. The van der Waals surface area contributed by atoms with E-state index in [4.69, 9.17) is 4.98 Å². The Morgan fingerprint density at radius 3 is 3.00 bits per heavy atom. The molecule has 2 aromatic rings. The highest BCUT2D eigenvalue weighted by Crippen LogP contribution is 2.40. The first-order valence-electron chi connectivity index (χ1n) is 10.7. The molecule has 0 radical (unpaired) electrons. The van der Waals surface area contributed by atoms with Crippen molar-refractivity contribution in [3.05, 3.63) is 49.8 Å². The molecule has 3 aliphatic rings. The van der Waals surface area contributed by atoms with Gasteiger partial charge in [0, 0.05) is 55.9 Å². The molecule has 3 atom stereocenters. The van der Waals surface area contributed by atoms with Gasteiger partial charge in [-0.3, -0.25) is 14.5 Å². The van der Waals surface area contributed by atoms with E-state index in [-0.39, 0.29) is 17.4 Å². The van der Waals surface area contributed by atoms with E-state index in [0.717, 1.165) is 62.4 Å². The molecule has 0 bridgehead atoms. The number of rotatable bonds is 4. The number of hydrogen-bond acceptors (Lipinski definition) is 5. The van der Waals surface area contributed by atoms with Gasteiger partial charge < -0.3 is 9.88 Å². The first-order chi connectivity index (χ1) is 14.1. The second-order valence-electron chi connectivity index (χ2n) is 8.86. The molecule has 1 N–H and O–H groups in total. The Morgan fingerprint density at radius 2 is 2.24 bits per heavy atom. The molecule has 2 aromatic heterocycles. The number of hydrogen-bond donors (Lipinski definition) is 1. The van der Waals surface area contributed by atoms with Gasteiger partial charge in [-0.25, -0.2) is 4.98 Å². The predicted molar refractivity (Wildman–Crippen MR) is 113 cm³/mol. The van der Waals surface area contributed by atoms with E-state index in [1.807, 2.05) is 4.90 Å². The van der Waals surface area contributed by atoms with Gasteiger partial charge in [0.25, 0.3) is 5.56 Å². The van der Waals surface area contributed by atoms with Crippen molar-refractivity contribution in [2.75, 3.05) is 19.6 Å². The first-order valence-corrected chi connectivity index (χ1v) is 11.6. The average molecular weight is 413 g/mol. The number of piperidine rings is 1. The summed E-state index contributed by atoms with van der Waals surface area (Å²) in [7, 11) is 0. The van der Waals surface area contributed by atoms with Crippen LogP contribution in [0, 0.1) is 11.8 Å². The average Bonchev–Trinajstić information content (AvgIpc) is 3.24. The maximum Gasteiger partial charge on any atom is 0.255 e. The second-order valence-corrected chi connectivity index (χ2v) is 9.89. The van der Waals surface area contributed by atoms with Crippen LogP contribution in [-0.2, 0) is 24.3 Å². The number of carbonyl (C=O) groups excluding carboxylic acids is 1. The predicted octanol–water partition coefficient (Wildman–Crippen LogP) is 2.75. The fraction of sp³-hybridized carbons (Fsp3) is 0.591. The van der Waals surface area contributed by atoms with Gasteiger partial charge in [0.15, 0.2) is 0 Å². The summed E-state index contributed by atoms with van der Waals surface area (Å²) < 4.78 is 0. The highest BCUT2D eigenvalue weighted by Gasteiger charge is 2.42. The van der Waals surface area contributed by atoms with Crippen LogP contribution in [0.3, 0.4) is 0 Å². The summed E-state index contributed by atoms with van der Waals surface area (Å²) in [5.74, 6) is 1.97. The number of nitrogens with one attached hydrogen (secondary N) is 1. The van der Waals surface area contributed by atoms with Crippen molar-refractivity contribution in [1.82, 2.24) is 19.8 Å². The van der Waals surface area contributed by atoms with Gasteiger partial charge in [-0.2, -0.15) is 0 Å². The van der Waals surface area contributed by atoms with E-state index < -0.39 is 0 Å². The second kappa shape index (κ2) is 7.69. The van der Waals surface area contributed by atoms with Crippen molar-refractivity contribution < 1.29 is 4.79 Å². The monoisotopic (exact) mass is 412 g/mol. The van der Waals surface area contributed by atoms with E-state index in [0.29, 0.717) is 24.9 Å². The van der Waals surface area contributed by atoms with Gasteiger partial charge >= 0.3 is 0 Å². The van der Waals surface area contributed by atoms with Crippen LogP contribution in [0.5, 0.6) is 0 Å². The summed E-state index contributed by atoms with van der Waals surface area (Å²) in [4.78, 5) is 39.1. The van der Waals surface area contributed by atoms with Crippen LogP contribution in [-0.4, -0.2) is 45.3 Å². The van der Waals surface area contributed by atoms with Gasteiger partial charge in [0.1, 0.15) is 5.82 Å². The Labute approximate surface area is 175 Å². The minimum Gasteiger partial charge on any atom is -0.342 e. The molecule has 5 rings (SSSR count). The topological polar surface area (TPSA) is 69.3 Å². The largest absolute Gasteiger partial charge is 0.342 e. The number of likely N-dealkylation sites (tertiary alicyclic amines) is 1. The van der Waals surface area contributed by atoms with Crippen molar-refractivity contribution in [3.8, 4) is 0 Å². The van der Waals surface area contributed by atoms with Crippen LogP contribution >= 0.6 is 11.3 Å². The fourth-order valence-electron chi connectivity index (χ4n) is 4.75. The zero-order chi connectivity index (χ0) is 20.0. The Balaban J connectivity index is 1.30. The number of amides is 1. The third kappa shape index (κ3) is 3.90. The summed E-state index contributed by atoms with van der Waals surface area (Å²) in [5, 5.41) is 2.09. The lowest BCUT2D eigenvalue weighted by Crippen LogP contribution is -2.41. The number of H-pyrrole nitrogens is 1. The Bertz CT molecular complexity index is 954. The Kier molecular flexibility index (Phi) is 5.04. The molecule has 2 aliphatic heterocycles. The lowest BCUT2D eigenvalue weighted by Gasteiger charge is -2.33. The molecule has 29 heavy (non-hydrogen) atoms. The van der Waals surface area contributed by atoms with E-state index in [2.05, 4.69) is 34.3 Å². The minimum atomic E-state index is 0.000134. The van der Waals surface area contributed by atoms with Crippen LogP contribution < -0.4 is 5.56 Å². The maximum absolute atomic E-state index is 12.9. The molecule has 2 fully saturated rings. The van der Waals surface area contributed by atoms with Gasteiger partial charge in [-0.1, -0.05) is 13.0 Å². The summed E-state index contributed by atoms with van der Waals surface area (Å²) in [5.41, 5.74) is 1.76. The molecule has 3 unspecified atom stereocenters. The molecule has 0 spiro atoms. The van der Waals surface area contributed by atoms with Crippen LogP contribution in [0.2, 0.25) is 0 Å². The number of aromatic amines is 1. The van der Waals surface area contributed by atoms with E-state index in [9.17, 15) is 9.59 Å². The van der Waals surface area contributed by atoms with E-state index in [1.165, 1.54) is 4.88 Å². The molecule has 0 aromatic carbocycles. The lowest BCUT2D eigenvalue weighted by molar-refractivity contribution is -0.134. The van der Waals surface area contributed by atoms with Gasteiger partial charge in [0.2, 0.25) is 5.91 Å². The molecule has 1 saturated carbocycles. The third-order valence-corrected chi connectivity index (χ3v) is 7.53. The lowest BCUT2D eigenvalue weighted by atomic mass is 9.96. The standard InChI is InChI=1S/C22H28N4O2S/c1-14-10-17(14)22(28)26-7-2-4-15(11-26)20-23-19-6-8-25(12-16-5-3-9-29-16)13-18(19)21(27)24-20/h3,5,9,14-15,17H,2,4,6-8,10-13H2,1H3,(H,23,24,27). The molecule has 7 heteroatoms. The number of nitrogens with zero attached hydrogens (tertiary/aromatic N) is 3. The summed E-state index contributed by atoms with van der Waals surface area (Å²) in [6, 6.07) is 4.21. The number of fused-ring (bicyclic) bond motifs is 1. The number of aromatic nitrogens is 2. The summed E-state index contributed by atoms with van der Waals surface area (Å²) in [6.45, 7) is 6.14. The molecule has 1 saturated heterocycles. The molecule has 1 amide bonds. The quantitative estimate of drug-likeness (QED) is 0.838. The Morgan fingerprint density at radius 1 is 1.38 bits per heavy atom. The first kappa shape index (κ1) is 19.0. The van der Waals surface area contributed by atoms with Crippen molar-refractivity contribution >= 4 is 17.2 Å². The summed E-state index contributed by atoms with van der Waals surface area (Å²) >= 11 is 1.76. The van der Waals surface area contributed by atoms with Crippen molar-refractivity contribution in [2.45, 2.75) is 51.6 Å². The van der Waals surface area contributed by atoms with Gasteiger partial charge in [-0.15, -0.1) is 11.3 Å². The molecular weight excluding hydrogens is 384 g/mol. The van der Waals surface area contributed by atoms with Crippen LogP contribution in [0.15, 0.2) is 22.3 Å². The smallest absolute Gasteiger partial charge is 0.255 e. The normalized spacial score (nSPS) is 26.9. The molecule has 154 valence electrons. The molecule has 4 heterocycles. The number of thiophene rings is 1. The number of carbonyl (C=O) groups is 1. The van der Waals surface area contributed by atoms with Crippen molar-refractivity contribution in [1.29, 1.82) is 0 Å². The SMILES string of the molecule is CC1CC1C(=O)N1CCCC(c2nc3c(c(=O)[nH]2)CN(Cc2cccs2)CC3)C1. The van der Waals surface area contributed by atoms with Crippen LogP contribution in [0.25, 0.3) is 0 Å². The minimum absolute atomic E-state index is 0.000134. The highest BCUT2D eigenvalue weighted by molar-refractivity contribution is 7.09. The molecule has 6 nitrogen and oxygen atoms in total. The zero-order valence-corrected chi connectivity index (χ0v) is 17.7. The molecule has 1 aliphatic carbocycles. The van der Waals surface area contributed by atoms with Crippen molar-refractivity contribution in [2.24, 2.45) is 11.8 Å². The van der Waals surface area contributed by atoms with Crippen LogP contribution in [0.4, 0.5) is 0 Å². The van der Waals surface area contributed by atoms with Crippen LogP contribution in [0.1, 0.15) is 54.1 Å². The van der Waals surface area contributed by atoms with Gasteiger partial charge in [0.05, 0.1) is 11.3 Å². The molecular formula is C22H28N4O2S. The van der Waals surface area contributed by atoms with E-state index in [1.54, 1.807) is 11.3 Å². The highest BCUT2D eigenvalue weighted by atomic mass is 32.1. The third-order valence-electron chi connectivity index (χ3n) is 6.67.